The van der Waals surface area contributed by atoms with Gasteiger partial charge in [-0.1, -0.05) is 20.8 Å². The lowest BCUT2D eigenvalue weighted by Crippen LogP contribution is -2.44. The molecule has 1 aromatic carbocycles. The Kier molecular flexibility index (Phi) is 7.43. The Morgan fingerprint density at radius 3 is 2.15 bits per heavy atom. The van der Waals surface area contributed by atoms with Gasteiger partial charge in [-0.05, 0) is 45.0 Å². The number of likely N-dealkylation sites (tertiary alicyclic amines) is 1. The molecule has 3 amide bonds. The van der Waals surface area contributed by atoms with E-state index < -0.39 is 5.60 Å². The van der Waals surface area contributed by atoms with Gasteiger partial charge in [-0.25, -0.2) is 9.59 Å². The van der Waals surface area contributed by atoms with E-state index in [4.69, 9.17) is 9.47 Å². The van der Waals surface area contributed by atoms with Crippen LogP contribution in [0.2, 0.25) is 0 Å². The Morgan fingerprint density at radius 1 is 1.00 bits per heavy atom. The van der Waals surface area contributed by atoms with E-state index in [1.807, 2.05) is 39.0 Å². The van der Waals surface area contributed by atoms with Crippen molar-refractivity contribution in [2.45, 2.75) is 71.5 Å². The molecule has 0 unspecified atom stereocenters. The third kappa shape index (κ3) is 7.13. The van der Waals surface area contributed by atoms with Crippen LogP contribution in [0.15, 0.2) is 30.3 Å². The first-order valence-corrected chi connectivity index (χ1v) is 11.7. The Balaban J connectivity index is 1.47. The Morgan fingerprint density at radius 2 is 1.62 bits per heavy atom. The van der Waals surface area contributed by atoms with Gasteiger partial charge in [-0.2, -0.15) is 5.10 Å². The standard InChI is InChI=1S/C25H37N5O4/c1-24(2,3)20-16-21(29(7)28-20)27-22(31)26-17-8-10-18(11-9-17)33-19-12-14-30(15-13-19)23(32)34-25(4,5)6/h8-11,16,19H,12-15H2,1-7H3,(H2,26,27,31). The van der Waals surface area contributed by atoms with Crippen LogP contribution in [0, 0.1) is 0 Å². The molecule has 2 N–H and O–H groups in total. The molecule has 1 fully saturated rings. The number of carbonyl (C=O) groups is 2. The van der Waals surface area contributed by atoms with Gasteiger partial charge in [-0.15, -0.1) is 0 Å². The van der Waals surface area contributed by atoms with Crippen molar-refractivity contribution < 1.29 is 19.1 Å². The number of benzene rings is 1. The number of carbonyl (C=O) groups excluding carboxylic acids is 2. The quantitative estimate of drug-likeness (QED) is 0.643. The Labute approximate surface area is 201 Å². The van der Waals surface area contributed by atoms with Crippen LogP contribution in [-0.2, 0) is 17.2 Å². The lowest BCUT2D eigenvalue weighted by molar-refractivity contribution is 0.0126. The van der Waals surface area contributed by atoms with E-state index in [0.717, 1.165) is 24.3 Å². The summed E-state index contributed by atoms with van der Waals surface area (Å²) in [6.45, 7) is 13.0. The van der Waals surface area contributed by atoms with Crippen LogP contribution in [0.1, 0.15) is 60.1 Å². The van der Waals surface area contributed by atoms with E-state index in [0.29, 0.717) is 24.6 Å². The summed E-state index contributed by atoms with van der Waals surface area (Å²) >= 11 is 0. The van der Waals surface area contributed by atoms with E-state index in [9.17, 15) is 9.59 Å². The highest BCUT2D eigenvalue weighted by atomic mass is 16.6. The molecule has 0 saturated carbocycles. The molecular formula is C25H37N5O4. The van der Waals surface area contributed by atoms with Crippen molar-refractivity contribution >= 4 is 23.6 Å². The number of aryl methyl sites for hydroxylation is 1. The van der Waals surface area contributed by atoms with Crippen molar-refractivity contribution in [3.63, 3.8) is 0 Å². The molecule has 0 aliphatic carbocycles. The average molecular weight is 472 g/mol. The van der Waals surface area contributed by atoms with Crippen LogP contribution in [0.25, 0.3) is 0 Å². The topological polar surface area (TPSA) is 97.7 Å². The number of aromatic nitrogens is 2. The number of amides is 3. The summed E-state index contributed by atoms with van der Waals surface area (Å²) in [5.41, 5.74) is 0.965. The van der Waals surface area contributed by atoms with Gasteiger partial charge in [0.1, 0.15) is 23.3 Å². The maximum absolute atomic E-state index is 12.4. The molecule has 1 aliphatic rings. The van der Waals surface area contributed by atoms with Crippen molar-refractivity contribution in [3.8, 4) is 5.75 Å². The Hall–Kier alpha value is -3.23. The van der Waals surface area contributed by atoms with E-state index in [1.54, 1.807) is 28.8 Å². The van der Waals surface area contributed by atoms with Gasteiger partial charge in [0.25, 0.3) is 0 Å². The van der Waals surface area contributed by atoms with Crippen LogP contribution in [0.3, 0.4) is 0 Å². The van der Waals surface area contributed by atoms with Gasteiger partial charge in [0.2, 0.25) is 0 Å². The number of nitrogens with one attached hydrogen (secondary N) is 2. The average Bonchev–Trinajstić information content (AvgIpc) is 3.09. The first-order chi connectivity index (χ1) is 15.8. The van der Waals surface area contributed by atoms with E-state index in [-0.39, 0.29) is 23.6 Å². The number of rotatable bonds is 4. The van der Waals surface area contributed by atoms with Crippen LogP contribution in [0.5, 0.6) is 5.75 Å². The van der Waals surface area contributed by atoms with Crippen molar-refractivity contribution in [3.05, 3.63) is 36.0 Å². The largest absolute Gasteiger partial charge is 0.490 e. The van der Waals surface area contributed by atoms with Gasteiger partial charge in [0, 0.05) is 50.1 Å². The molecule has 2 heterocycles. The minimum Gasteiger partial charge on any atom is -0.490 e. The van der Waals surface area contributed by atoms with Crippen LogP contribution in [-0.4, -0.2) is 51.6 Å². The van der Waals surface area contributed by atoms with Crippen molar-refractivity contribution in [1.82, 2.24) is 14.7 Å². The summed E-state index contributed by atoms with van der Waals surface area (Å²) in [4.78, 5) is 26.4. The van der Waals surface area contributed by atoms with E-state index >= 15 is 0 Å². The molecule has 0 spiro atoms. The molecule has 3 rings (SSSR count). The Bertz CT molecular complexity index is 994. The summed E-state index contributed by atoms with van der Waals surface area (Å²) in [5, 5.41) is 10.1. The third-order valence-electron chi connectivity index (χ3n) is 5.40. The lowest BCUT2D eigenvalue weighted by atomic mass is 9.92. The smallest absolute Gasteiger partial charge is 0.410 e. The first kappa shape index (κ1) is 25.4. The fourth-order valence-corrected chi connectivity index (χ4v) is 3.52. The fraction of sp³-hybridized carbons (Fsp3) is 0.560. The summed E-state index contributed by atoms with van der Waals surface area (Å²) in [6, 6.07) is 8.80. The SMILES string of the molecule is Cn1nc(C(C)(C)C)cc1NC(=O)Nc1ccc(OC2CCN(C(=O)OC(C)(C)C)CC2)cc1. The second kappa shape index (κ2) is 9.95. The maximum Gasteiger partial charge on any atom is 0.410 e. The molecule has 1 aromatic heterocycles. The molecule has 1 aliphatic heterocycles. The normalized spacial score (nSPS) is 15.1. The van der Waals surface area contributed by atoms with Gasteiger partial charge in [0.15, 0.2) is 0 Å². The summed E-state index contributed by atoms with van der Waals surface area (Å²) in [5.74, 6) is 1.35. The highest BCUT2D eigenvalue weighted by Gasteiger charge is 2.27. The number of hydrogen-bond donors (Lipinski definition) is 2. The maximum atomic E-state index is 12.4. The number of urea groups is 1. The molecule has 9 nitrogen and oxygen atoms in total. The number of anilines is 2. The van der Waals surface area contributed by atoms with Gasteiger partial charge >= 0.3 is 12.1 Å². The molecule has 9 heteroatoms. The summed E-state index contributed by atoms with van der Waals surface area (Å²) in [6.07, 6.45) is 1.23. The molecule has 0 radical (unpaired) electrons. The van der Waals surface area contributed by atoms with Gasteiger partial charge < -0.3 is 19.7 Å². The highest BCUT2D eigenvalue weighted by Crippen LogP contribution is 2.24. The third-order valence-corrected chi connectivity index (χ3v) is 5.40. The zero-order valence-corrected chi connectivity index (χ0v) is 21.3. The summed E-state index contributed by atoms with van der Waals surface area (Å²) in [7, 11) is 1.80. The minimum atomic E-state index is -0.496. The fourth-order valence-electron chi connectivity index (χ4n) is 3.52. The zero-order valence-electron chi connectivity index (χ0n) is 21.3. The number of nitrogens with zero attached hydrogens (tertiary/aromatic N) is 3. The zero-order chi connectivity index (χ0) is 25.1. The van der Waals surface area contributed by atoms with Crippen LogP contribution < -0.4 is 15.4 Å². The minimum absolute atomic E-state index is 0.0302. The number of hydrogen-bond acceptors (Lipinski definition) is 5. The first-order valence-electron chi connectivity index (χ1n) is 11.7. The molecule has 1 saturated heterocycles. The second-order valence-electron chi connectivity index (χ2n) is 10.7. The molecule has 34 heavy (non-hydrogen) atoms. The van der Waals surface area contributed by atoms with E-state index in [2.05, 4.69) is 36.5 Å². The highest BCUT2D eigenvalue weighted by molar-refractivity contribution is 5.99. The number of piperidine rings is 1. The van der Waals surface area contributed by atoms with Crippen LogP contribution >= 0.6 is 0 Å². The lowest BCUT2D eigenvalue weighted by Gasteiger charge is -2.33. The van der Waals surface area contributed by atoms with Gasteiger partial charge in [0.05, 0.1) is 5.69 Å². The number of ether oxygens (including phenoxy) is 2. The van der Waals surface area contributed by atoms with E-state index in [1.165, 1.54) is 0 Å². The predicted molar refractivity (Wildman–Crippen MR) is 132 cm³/mol. The molecule has 186 valence electrons. The molecule has 0 atom stereocenters. The molecule has 2 aromatic rings. The summed E-state index contributed by atoms with van der Waals surface area (Å²) < 4.78 is 13.2. The predicted octanol–water partition coefficient (Wildman–Crippen LogP) is 5.14. The molecular weight excluding hydrogens is 434 g/mol. The second-order valence-corrected chi connectivity index (χ2v) is 10.7. The van der Waals surface area contributed by atoms with Gasteiger partial charge in [-0.3, -0.25) is 10.00 Å². The van der Waals surface area contributed by atoms with Crippen LogP contribution in [0.4, 0.5) is 21.1 Å². The van der Waals surface area contributed by atoms with Crippen molar-refractivity contribution in [1.29, 1.82) is 0 Å². The van der Waals surface area contributed by atoms with Crippen molar-refractivity contribution in [2.75, 3.05) is 23.7 Å². The monoisotopic (exact) mass is 471 g/mol. The molecule has 0 bridgehead atoms. The van der Waals surface area contributed by atoms with Crippen molar-refractivity contribution in [2.24, 2.45) is 7.05 Å².